The Labute approximate surface area is 68.8 Å². The molecule has 0 heterocycles. The van der Waals surface area contributed by atoms with Crippen molar-refractivity contribution >= 4 is 0 Å². The van der Waals surface area contributed by atoms with Gasteiger partial charge in [-0.2, -0.15) is 0 Å². The SMILES string of the molecule is CC12CCC(C1)C(C)(C)[C@H]2O. The highest BCUT2D eigenvalue weighted by molar-refractivity contribution is 5.08. The van der Waals surface area contributed by atoms with Crippen LogP contribution in [0.5, 0.6) is 0 Å². The number of aliphatic hydroxyl groups excluding tert-OH is 1. The maximum atomic E-state index is 10.0. The van der Waals surface area contributed by atoms with E-state index in [-0.39, 0.29) is 16.9 Å². The van der Waals surface area contributed by atoms with Crippen LogP contribution in [0.15, 0.2) is 0 Å². The van der Waals surface area contributed by atoms with Crippen LogP contribution in [-0.2, 0) is 0 Å². The summed E-state index contributed by atoms with van der Waals surface area (Å²) in [5, 5.41) is 10.0. The van der Waals surface area contributed by atoms with Crippen LogP contribution in [-0.4, -0.2) is 11.2 Å². The predicted octanol–water partition coefficient (Wildman–Crippen LogP) is 2.19. The Morgan fingerprint density at radius 1 is 1.27 bits per heavy atom. The Morgan fingerprint density at radius 3 is 2.18 bits per heavy atom. The summed E-state index contributed by atoms with van der Waals surface area (Å²) in [4.78, 5) is 0. The molecule has 2 saturated carbocycles. The molecule has 1 N–H and O–H groups in total. The quantitative estimate of drug-likeness (QED) is 0.567. The second-order valence-electron chi connectivity index (χ2n) is 5.32. The van der Waals surface area contributed by atoms with Crippen LogP contribution >= 0.6 is 0 Å². The minimum atomic E-state index is -0.0613. The highest BCUT2D eigenvalue weighted by Crippen LogP contribution is 2.62. The van der Waals surface area contributed by atoms with Crippen LogP contribution in [0.3, 0.4) is 0 Å². The van der Waals surface area contributed by atoms with Gasteiger partial charge in [-0.05, 0) is 36.0 Å². The normalized spacial score (nSPS) is 53.5. The lowest BCUT2D eigenvalue weighted by Crippen LogP contribution is -2.39. The first-order chi connectivity index (χ1) is 4.97. The molecule has 0 radical (unpaired) electrons. The molecule has 2 unspecified atom stereocenters. The van der Waals surface area contributed by atoms with Gasteiger partial charge in [0.25, 0.3) is 0 Å². The third-order valence-electron chi connectivity index (χ3n) is 4.19. The van der Waals surface area contributed by atoms with E-state index in [1.54, 1.807) is 0 Å². The number of hydrogen-bond acceptors (Lipinski definition) is 1. The van der Waals surface area contributed by atoms with Gasteiger partial charge < -0.3 is 5.11 Å². The summed E-state index contributed by atoms with van der Waals surface area (Å²) >= 11 is 0. The Bertz CT molecular complexity index is 181. The molecule has 0 aromatic heterocycles. The standard InChI is InChI=1S/C10H18O/c1-9(2)7-4-5-10(3,6-7)8(9)11/h7-8,11H,4-6H2,1-3H3/t7?,8-,10?/m1/s1. The maximum absolute atomic E-state index is 10.0. The number of fused-ring (bicyclic) bond motifs is 2. The van der Waals surface area contributed by atoms with Crippen molar-refractivity contribution in [3.8, 4) is 0 Å². The van der Waals surface area contributed by atoms with Crippen molar-refractivity contribution in [2.75, 3.05) is 0 Å². The summed E-state index contributed by atoms with van der Waals surface area (Å²) in [5.41, 5.74) is 0.446. The van der Waals surface area contributed by atoms with Gasteiger partial charge in [-0.1, -0.05) is 20.8 Å². The van der Waals surface area contributed by atoms with E-state index in [0.29, 0.717) is 0 Å². The van der Waals surface area contributed by atoms with E-state index in [9.17, 15) is 5.11 Å². The lowest BCUT2D eigenvalue weighted by atomic mass is 9.70. The minimum absolute atomic E-state index is 0.0613. The Morgan fingerprint density at radius 2 is 1.91 bits per heavy atom. The van der Waals surface area contributed by atoms with Crippen molar-refractivity contribution in [2.45, 2.75) is 46.1 Å². The molecule has 11 heavy (non-hydrogen) atoms. The molecule has 0 amide bonds. The van der Waals surface area contributed by atoms with Gasteiger partial charge in [-0.25, -0.2) is 0 Å². The van der Waals surface area contributed by atoms with Gasteiger partial charge in [0.2, 0.25) is 0 Å². The smallest absolute Gasteiger partial charge is 0.0647 e. The fraction of sp³-hybridized carbons (Fsp3) is 1.00. The predicted molar refractivity (Wildman–Crippen MR) is 45.2 cm³/mol. The minimum Gasteiger partial charge on any atom is -0.392 e. The molecular formula is C10H18O. The van der Waals surface area contributed by atoms with Gasteiger partial charge in [0.1, 0.15) is 0 Å². The molecular weight excluding hydrogens is 136 g/mol. The molecule has 64 valence electrons. The molecule has 0 aliphatic heterocycles. The van der Waals surface area contributed by atoms with Gasteiger partial charge >= 0.3 is 0 Å². The average molecular weight is 154 g/mol. The summed E-state index contributed by atoms with van der Waals surface area (Å²) in [7, 11) is 0. The summed E-state index contributed by atoms with van der Waals surface area (Å²) < 4.78 is 0. The fourth-order valence-electron chi connectivity index (χ4n) is 3.28. The van der Waals surface area contributed by atoms with Gasteiger partial charge in [0, 0.05) is 0 Å². The van der Waals surface area contributed by atoms with E-state index < -0.39 is 0 Å². The van der Waals surface area contributed by atoms with Crippen molar-refractivity contribution in [3.63, 3.8) is 0 Å². The first-order valence-electron chi connectivity index (χ1n) is 4.65. The van der Waals surface area contributed by atoms with Gasteiger partial charge in [0.15, 0.2) is 0 Å². The molecule has 0 saturated heterocycles. The van der Waals surface area contributed by atoms with E-state index in [4.69, 9.17) is 0 Å². The molecule has 2 aliphatic rings. The molecule has 1 nitrogen and oxygen atoms in total. The topological polar surface area (TPSA) is 20.2 Å². The Kier molecular flexibility index (Phi) is 1.26. The van der Waals surface area contributed by atoms with E-state index in [1.165, 1.54) is 19.3 Å². The van der Waals surface area contributed by atoms with Gasteiger partial charge in [-0.15, -0.1) is 0 Å². The zero-order valence-electron chi connectivity index (χ0n) is 7.72. The molecule has 0 aromatic carbocycles. The molecule has 2 fully saturated rings. The lowest BCUT2D eigenvalue weighted by Gasteiger charge is -2.38. The van der Waals surface area contributed by atoms with Crippen LogP contribution in [0.25, 0.3) is 0 Å². The monoisotopic (exact) mass is 154 g/mol. The van der Waals surface area contributed by atoms with Gasteiger partial charge in [-0.3, -0.25) is 0 Å². The van der Waals surface area contributed by atoms with Crippen molar-refractivity contribution in [2.24, 2.45) is 16.7 Å². The second-order valence-corrected chi connectivity index (χ2v) is 5.32. The highest BCUT2D eigenvalue weighted by Gasteiger charge is 2.58. The highest BCUT2D eigenvalue weighted by atomic mass is 16.3. The van der Waals surface area contributed by atoms with Crippen molar-refractivity contribution < 1.29 is 5.11 Å². The average Bonchev–Trinajstić information content (AvgIpc) is 2.36. The van der Waals surface area contributed by atoms with Crippen molar-refractivity contribution in [3.05, 3.63) is 0 Å². The third kappa shape index (κ3) is 0.752. The van der Waals surface area contributed by atoms with Crippen LogP contribution in [0.2, 0.25) is 0 Å². The lowest BCUT2D eigenvalue weighted by molar-refractivity contribution is -0.0340. The fourth-order valence-corrected chi connectivity index (χ4v) is 3.28. The first kappa shape index (κ1) is 7.60. The third-order valence-corrected chi connectivity index (χ3v) is 4.19. The molecule has 2 aliphatic carbocycles. The van der Waals surface area contributed by atoms with Crippen molar-refractivity contribution in [1.82, 2.24) is 0 Å². The molecule has 3 atom stereocenters. The summed E-state index contributed by atoms with van der Waals surface area (Å²) in [5.74, 6) is 0.780. The number of aliphatic hydroxyl groups is 1. The van der Waals surface area contributed by atoms with Crippen LogP contribution in [0, 0.1) is 16.7 Å². The van der Waals surface area contributed by atoms with Crippen LogP contribution < -0.4 is 0 Å². The Balaban J connectivity index is 2.34. The number of rotatable bonds is 0. The van der Waals surface area contributed by atoms with Crippen LogP contribution in [0.4, 0.5) is 0 Å². The van der Waals surface area contributed by atoms with E-state index >= 15 is 0 Å². The zero-order chi connectivity index (χ0) is 8.28. The Hall–Kier alpha value is -0.0400. The first-order valence-corrected chi connectivity index (χ1v) is 4.65. The van der Waals surface area contributed by atoms with Crippen molar-refractivity contribution in [1.29, 1.82) is 0 Å². The maximum Gasteiger partial charge on any atom is 0.0647 e. The zero-order valence-corrected chi connectivity index (χ0v) is 7.72. The summed E-state index contributed by atoms with van der Waals surface area (Å²) in [6.07, 6.45) is 3.76. The molecule has 2 rings (SSSR count). The second kappa shape index (κ2) is 1.82. The van der Waals surface area contributed by atoms with E-state index in [2.05, 4.69) is 20.8 Å². The van der Waals surface area contributed by atoms with E-state index in [0.717, 1.165) is 5.92 Å². The summed E-state index contributed by atoms with van der Waals surface area (Å²) in [6, 6.07) is 0. The van der Waals surface area contributed by atoms with Gasteiger partial charge in [0.05, 0.1) is 6.10 Å². The molecule has 1 heteroatoms. The van der Waals surface area contributed by atoms with E-state index in [1.807, 2.05) is 0 Å². The van der Waals surface area contributed by atoms with Crippen LogP contribution in [0.1, 0.15) is 40.0 Å². The number of hydrogen-bond donors (Lipinski definition) is 1. The largest absolute Gasteiger partial charge is 0.392 e. The molecule has 0 aromatic rings. The molecule has 2 bridgehead atoms. The summed E-state index contributed by atoms with van der Waals surface area (Å²) in [6.45, 7) is 6.67. The molecule has 0 spiro atoms.